The van der Waals surface area contributed by atoms with Gasteiger partial charge in [0.25, 0.3) is 0 Å². The van der Waals surface area contributed by atoms with E-state index >= 15 is 0 Å². The molecule has 0 spiro atoms. The number of pyridine rings is 1. The lowest BCUT2D eigenvalue weighted by molar-refractivity contribution is -0.121. The predicted octanol–water partition coefficient (Wildman–Crippen LogP) is 5.27. The van der Waals surface area contributed by atoms with Crippen LogP contribution in [0.15, 0.2) is 96.6 Å². The second kappa shape index (κ2) is 10.7. The number of hydrogen-bond donors (Lipinski definition) is 1. The first-order valence-corrected chi connectivity index (χ1v) is 11.1. The molecule has 0 bridgehead atoms. The number of hydrogen-bond acceptors (Lipinski definition) is 5. The number of carbonyl (C=O) groups is 1. The number of nitrogens with one attached hydrogen (secondary N) is 1. The smallest absolute Gasteiger partial charge is 0.240 e. The maximum absolute atomic E-state index is 13.1. The molecule has 0 fully saturated rings. The molecule has 1 amide bonds. The Bertz CT molecular complexity index is 1120. The fourth-order valence-electron chi connectivity index (χ4n) is 2.99. The van der Waals surface area contributed by atoms with Crippen LogP contribution in [0.1, 0.15) is 27.8 Å². The first kappa shape index (κ1) is 23.2. The van der Waals surface area contributed by atoms with Crippen molar-refractivity contribution in [2.75, 3.05) is 0 Å². The zero-order chi connectivity index (χ0) is 23.0. The van der Waals surface area contributed by atoms with E-state index in [0.717, 1.165) is 17.0 Å². The normalized spacial score (nSPS) is 12.2. The molecule has 0 aliphatic heterocycles. The number of carbonyl (C=O) groups excluding carboxylic acids is 1. The summed E-state index contributed by atoms with van der Waals surface area (Å²) in [6, 6.07) is 13.9. The average Bonchev–Trinajstić information content (AvgIpc) is 3.16. The molecule has 1 N–H and O–H groups in total. The Morgan fingerprint density at radius 2 is 1.91 bits per heavy atom. The lowest BCUT2D eigenvalue weighted by atomic mass is 10.2. The van der Waals surface area contributed by atoms with Crippen molar-refractivity contribution in [1.29, 1.82) is 0 Å². The standard InChI is InChI=1S/C25H27N5OS.H2/c1-5-10-21(11-6-2)27-23(31)25(3,4)32-24-29-28-22(20-14-16-26-17-15-20)30(24)18-19-12-8-7-9-13-19;/h5-17H,1,18H2,2-4H3,(H,27,31);1H/b11-6-,21-10+;. The topological polar surface area (TPSA) is 72.7 Å². The van der Waals surface area contributed by atoms with Crippen molar-refractivity contribution in [2.45, 2.75) is 37.2 Å². The third-order valence-corrected chi connectivity index (χ3v) is 5.81. The van der Waals surface area contributed by atoms with Crippen LogP contribution >= 0.6 is 11.8 Å². The summed E-state index contributed by atoms with van der Waals surface area (Å²) in [5.74, 6) is 0.601. The Kier molecular flexibility index (Phi) is 7.78. The molecule has 0 unspecified atom stereocenters. The van der Waals surface area contributed by atoms with Gasteiger partial charge in [-0.1, -0.05) is 60.8 Å². The molecule has 0 aliphatic rings. The van der Waals surface area contributed by atoms with Gasteiger partial charge in [0.2, 0.25) is 5.91 Å². The molecular weight excluding hydrogens is 418 g/mol. The highest BCUT2D eigenvalue weighted by atomic mass is 32.2. The number of amides is 1. The van der Waals surface area contributed by atoms with Crippen molar-refractivity contribution < 1.29 is 6.22 Å². The van der Waals surface area contributed by atoms with Gasteiger partial charge in [0, 0.05) is 25.1 Å². The van der Waals surface area contributed by atoms with Gasteiger partial charge in [-0.25, -0.2) is 0 Å². The van der Waals surface area contributed by atoms with Gasteiger partial charge in [0.15, 0.2) is 11.0 Å². The van der Waals surface area contributed by atoms with Gasteiger partial charge in [-0.05, 0) is 50.6 Å². The van der Waals surface area contributed by atoms with E-state index in [1.165, 1.54) is 11.8 Å². The van der Waals surface area contributed by atoms with Gasteiger partial charge in [-0.15, -0.1) is 10.2 Å². The van der Waals surface area contributed by atoms with E-state index in [2.05, 4.69) is 39.2 Å². The van der Waals surface area contributed by atoms with Crippen LogP contribution in [0, 0.1) is 0 Å². The van der Waals surface area contributed by atoms with Crippen LogP contribution in [0.5, 0.6) is 0 Å². The zero-order valence-corrected chi connectivity index (χ0v) is 19.3. The minimum Gasteiger partial charge on any atom is -0.325 e. The van der Waals surface area contributed by atoms with Crippen LogP contribution in [0.3, 0.4) is 0 Å². The number of allylic oxidation sites excluding steroid dienone is 4. The molecule has 166 valence electrons. The largest absolute Gasteiger partial charge is 0.325 e. The molecule has 2 aromatic heterocycles. The Labute approximate surface area is 194 Å². The molecule has 0 atom stereocenters. The van der Waals surface area contributed by atoms with Gasteiger partial charge >= 0.3 is 0 Å². The molecule has 2 heterocycles. The lowest BCUT2D eigenvalue weighted by Gasteiger charge is -2.23. The van der Waals surface area contributed by atoms with E-state index in [1.54, 1.807) is 24.5 Å². The minimum atomic E-state index is -0.793. The SMILES string of the molecule is C=C/C=C(\C=C/C)NC(=O)C(C)(C)Sc1nnc(-c2ccncc2)n1Cc1ccccc1.[HH]. The summed E-state index contributed by atoms with van der Waals surface area (Å²) in [5.41, 5.74) is 2.72. The summed E-state index contributed by atoms with van der Waals surface area (Å²) in [5, 5.41) is 12.5. The molecule has 0 saturated carbocycles. The first-order chi connectivity index (χ1) is 15.4. The van der Waals surface area contributed by atoms with Crippen LogP contribution in [-0.4, -0.2) is 30.4 Å². The van der Waals surface area contributed by atoms with Gasteiger partial charge in [0.1, 0.15) is 0 Å². The maximum atomic E-state index is 13.1. The summed E-state index contributed by atoms with van der Waals surface area (Å²) >= 11 is 1.38. The van der Waals surface area contributed by atoms with Crippen molar-refractivity contribution in [2.24, 2.45) is 0 Å². The molecular formula is C25H29N5OS. The Morgan fingerprint density at radius 3 is 2.56 bits per heavy atom. The van der Waals surface area contributed by atoms with Crippen LogP contribution in [0.4, 0.5) is 0 Å². The van der Waals surface area contributed by atoms with E-state index in [0.29, 0.717) is 17.4 Å². The van der Waals surface area contributed by atoms with Crippen molar-refractivity contribution in [3.63, 3.8) is 0 Å². The highest BCUT2D eigenvalue weighted by molar-refractivity contribution is 8.01. The molecule has 6 nitrogen and oxygen atoms in total. The number of rotatable bonds is 9. The number of nitrogens with zero attached hydrogens (tertiary/aromatic N) is 4. The Balaban J connectivity index is 0.00000385. The lowest BCUT2D eigenvalue weighted by Crippen LogP contribution is -2.39. The summed E-state index contributed by atoms with van der Waals surface area (Å²) in [4.78, 5) is 17.2. The predicted molar refractivity (Wildman–Crippen MR) is 132 cm³/mol. The minimum absolute atomic E-state index is 0. The summed E-state index contributed by atoms with van der Waals surface area (Å²) < 4.78 is 1.25. The van der Waals surface area contributed by atoms with Crippen molar-refractivity contribution in [3.05, 3.63) is 97.0 Å². The van der Waals surface area contributed by atoms with Crippen molar-refractivity contribution in [3.8, 4) is 11.4 Å². The maximum Gasteiger partial charge on any atom is 0.240 e. The number of benzene rings is 1. The van der Waals surface area contributed by atoms with E-state index in [4.69, 9.17) is 0 Å². The average molecular weight is 448 g/mol. The molecule has 0 aliphatic carbocycles. The molecule has 7 heteroatoms. The molecule has 3 rings (SSSR count). The number of aromatic nitrogens is 4. The molecule has 3 aromatic rings. The van der Waals surface area contributed by atoms with Crippen molar-refractivity contribution >= 4 is 17.7 Å². The summed E-state index contributed by atoms with van der Waals surface area (Å²) in [7, 11) is 0. The Morgan fingerprint density at radius 1 is 1.19 bits per heavy atom. The molecule has 0 saturated heterocycles. The third-order valence-electron chi connectivity index (χ3n) is 4.63. The molecule has 32 heavy (non-hydrogen) atoms. The van der Waals surface area contributed by atoms with Gasteiger partial charge < -0.3 is 5.32 Å². The van der Waals surface area contributed by atoms with E-state index < -0.39 is 4.75 Å². The van der Waals surface area contributed by atoms with E-state index in [-0.39, 0.29) is 7.33 Å². The van der Waals surface area contributed by atoms with Gasteiger partial charge in [0.05, 0.1) is 11.3 Å². The molecule has 0 radical (unpaired) electrons. The second-order valence-corrected chi connectivity index (χ2v) is 9.13. The van der Waals surface area contributed by atoms with E-state index in [1.807, 2.05) is 67.8 Å². The highest BCUT2D eigenvalue weighted by Crippen LogP contribution is 2.34. The van der Waals surface area contributed by atoms with Crippen LogP contribution in [0.2, 0.25) is 0 Å². The summed E-state index contributed by atoms with van der Waals surface area (Å²) in [6.45, 7) is 9.95. The van der Waals surface area contributed by atoms with Crippen LogP contribution < -0.4 is 5.32 Å². The first-order valence-electron chi connectivity index (χ1n) is 10.3. The number of thioether (sulfide) groups is 1. The fourth-order valence-corrected chi connectivity index (χ4v) is 3.93. The zero-order valence-electron chi connectivity index (χ0n) is 18.5. The third kappa shape index (κ3) is 5.82. The van der Waals surface area contributed by atoms with Crippen molar-refractivity contribution in [1.82, 2.24) is 25.1 Å². The monoisotopic (exact) mass is 447 g/mol. The van der Waals surface area contributed by atoms with E-state index in [9.17, 15) is 4.79 Å². The molecule has 1 aromatic carbocycles. The highest BCUT2D eigenvalue weighted by Gasteiger charge is 2.32. The van der Waals surface area contributed by atoms with Crippen LogP contribution in [0.25, 0.3) is 11.4 Å². The second-order valence-electron chi connectivity index (χ2n) is 7.54. The van der Waals surface area contributed by atoms with Gasteiger partial charge in [-0.2, -0.15) is 0 Å². The quantitative estimate of drug-likeness (QED) is 0.357. The van der Waals surface area contributed by atoms with Gasteiger partial charge in [-0.3, -0.25) is 14.3 Å². The fraction of sp³-hybridized carbons (Fsp3) is 0.200. The van der Waals surface area contributed by atoms with Crippen LogP contribution in [-0.2, 0) is 11.3 Å². The Hall–Kier alpha value is -3.45. The summed E-state index contributed by atoms with van der Waals surface area (Å²) in [6.07, 6.45) is 10.6.